The molecule has 5 heteroatoms. The highest BCUT2D eigenvalue weighted by Gasteiger charge is 2.12. The van der Waals surface area contributed by atoms with Gasteiger partial charge in [-0.3, -0.25) is 4.79 Å². The quantitative estimate of drug-likeness (QED) is 0.362. The molecule has 164 valence electrons. The number of aryl methyl sites for hydroxylation is 3. The van der Waals surface area contributed by atoms with Crippen LogP contribution in [0, 0.1) is 13.8 Å². The molecule has 1 heterocycles. The summed E-state index contributed by atoms with van der Waals surface area (Å²) in [4.78, 5) is 17.2. The highest BCUT2D eigenvalue weighted by molar-refractivity contribution is 5.94. The lowest BCUT2D eigenvalue weighted by Crippen LogP contribution is -2.24. The van der Waals surface area contributed by atoms with Crippen molar-refractivity contribution in [3.05, 3.63) is 95.3 Å². The summed E-state index contributed by atoms with van der Waals surface area (Å²) in [6.07, 6.45) is 1.90. The number of rotatable bonds is 9. The Morgan fingerprint density at radius 1 is 0.906 bits per heavy atom. The zero-order valence-electron chi connectivity index (χ0n) is 18.7. The number of carbonyl (C=O) groups is 1. The second-order valence-corrected chi connectivity index (χ2v) is 7.99. The molecule has 0 unspecified atom stereocenters. The predicted molar refractivity (Wildman–Crippen MR) is 128 cm³/mol. The van der Waals surface area contributed by atoms with Crippen LogP contribution in [0.4, 0.5) is 0 Å². The average Bonchev–Trinajstić information content (AvgIpc) is 3.17. The third kappa shape index (κ3) is 4.99. The Bertz CT molecular complexity index is 1180. The van der Waals surface area contributed by atoms with E-state index in [1.54, 1.807) is 0 Å². The standard InChI is InChI=1S/C27H29N3O2/c1-20-11-10-12-21(2)26(20)32-18-9-8-17-30-24-16-7-6-15-23(24)29-25(30)19-28-27(31)22-13-4-3-5-14-22/h3-7,10-16H,8-9,17-19H2,1-2H3,(H,28,31). The van der Waals surface area contributed by atoms with Crippen LogP contribution in [0.5, 0.6) is 5.75 Å². The number of ether oxygens (including phenoxy) is 1. The average molecular weight is 428 g/mol. The molecule has 1 N–H and O–H groups in total. The minimum atomic E-state index is -0.0915. The monoisotopic (exact) mass is 427 g/mol. The van der Waals surface area contributed by atoms with E-state index in [-0.39, 0.29) is 5.91 Å². The van der Waals surface area contributed by atoms with Crippen LogP contribution in [0.25, 0.3) is 11.0 Å². The third-order valence-corrected chi connectivity index (χ3v) is 5.61. The predicted octanol–water partition coefficient (Wildman–Crippen LogP) is 5.44. The van der Waals surface area contributed by atoms with Gasteiger partial charge in [0.25, 0.3) is 5.91 Å². The first-order valence-electron chi connectivity index (χ1n) is 11.1. The van der Waals surface area contributed by atoms with Crippen molar-refractivity contribution in [1.29, 1.82) is 0 Å². The minimum absolute atomic E-state index is 0.0915. The maximum absolute atomic E-state index is 12.5. The molecule has 0 aliphatic carbocycles. The van der Waals surface area contributed by atoms with Crippen LogP contribution < -0.4 is 10.1 Å². The summed E-state index contributed by atoms with van der Waals surface area (Å²) < 4.78 is 8.26. The van der Waals surface area contributed by atoms with E-state index in [1.165, 1.54) is 11.1 Å². The van der Waals surface area contributed by atoms with Crippen LogP contribution in [0.2, 0.25) is 0 Å². The Morgan fingerprint density at radius 2 is 1.62 bits per heavy atom. The van der Waals surface area contributed by atoms with Gasteiger partial charge in [0.2, 0.25) is 0 Å². The maximum Gasteiger partial charge on any atom is 0.251 e. The molecular weight excluding hydrogens is 398 g/mol. The number of benzene rings is 3. The molecule has 0 saturated heterocycles. The van der Waals surface area contributed by atoms with E-state index in [4.69, 9.17) is 9.72 Å². The Labute approximate surface area is 189 Å². The van der Waals surface area contributed by atoms with Crippen LogP contribution in [0.15, 0.2) is 72.8 Å². The van der Waals surface area contributed by atoms with Gasteiger partial charge < -0.3 is 14.6 Å². The normalized spacial score (nSPS) is 10.9. The fourth-order valence-electron chi connectivity index (χ4n) is 3.93. The first-order chi connectivity index (χ1) is 15.6. The van der Waals surface area contributed by atoms with E-state index < -0.39 is 0 Å². The Morgan fingerprint density at radius 3 is 2.41 bits per heavy atom. The molecule has 5 nitrogen and oxygen atoms in total. The van der Waals surface area contributed by atoms with Gasteiger partial charge in [0.1, 0.15) is 11.6 Å². The van der Waals surface area contributed by atoms with Gasteiger partial charge in [0.05, 0.1) is 24.2 Å². The van der Waals surface area contributed by atoms with Crippen molar-refractivity contribution in [3.63, 3.8) is 0 Å². The van der Waals surface area contributed by atoms with Gasteiger partial charge >= 0.3 is 0 Å². The van der Waals surface area contributed by atoms with Gasteiger partial charge in [-0.25, -0.2) is 4.98 Å². The van der Waals surface area contributed by atoms with Crippen molar-refractivity contribution in [2.45, 2.75) is 39.8 Å². The number of nitrogens with zero attached hydrogens (tertiary/aromatic N) is 2. The van der Waals surface area contributed by atoms with Gasteiger partial charge in [0.15, 0.2) is 0 Å². The van der Waals surface area contributed by atoms with Crippen LogP contribution in [-0.2, 0) is 13.1 Å². The Kier molecular flexibility index (Phi) is 6.85. The molecule has 4 rings (SSSR count). The fraction of sp³-hybridized carbons (Fsp3) is 0.259. The summed E-state index contributed by atoms with van der Waals surface area (Å²) in [6, 6.07) is 23.6. The van der Waals surface area contributed by atoms with E-state index in [0.29, 0.717) is 18.7 Å². The van der Waals surface area contributed by atoms with E-state index in [0.717, 1.165) is 42.0 Å². The van der Waals surface area contributed by atoms with Gasteiger partial charge in [0, 0.05) is 12.1 Å². The highest BCUT2D eigenvalue weighted by atomic mass is 16.5. The topological polar surface area (TPSA) is 56.1 Å². The lowest BCUT2D eigenvalue weighted by molar-refractivity contribution is 0.0949. The van der Waals surface area contributed by atoms with Crippen molar-refractivity contribution in [1.82, 2.24) is 14.9 Å². The van der Waals surface area contributed by atoms with E-state index in [2.05, 4.69) is 48.0 Å². The molecule has 1 amide bonds. The number of imidazole rings is 1. The number of aromatic nitrogens is 2. The molecule has 32 heavy (non-hydrogen) atoms. The number of amides is 1. The molecule has 0 saturated carbocycles. The van der Waals surface area contributed by atoms with Crippen molar-refractivity contribution in [2.75, 3.05) is 6.61 Å². The molecule has 3 aromatic carbocycles. The fourth-order valence-corrected chi connectivity index (χ4v) is 3.93. The lowest BCUT2D eigenvalue weighted by Gasteiger charge is -2.13. The highest BCUT2D eigenvalue weighted by Crippen LogP contribution is 2.23. The summed E-state index contributed by atoms with van der Waals surface area (Å²) >= 11 is 0. The second-order valence-electron chi connectivity index (χ2n) is 7.99. The van der Waals surface area contributed by atoms with Gasteiger partial charge in [-0.2, -0.15) is 0 Å². The summed E-state index contributed by atoms with van der Waals surface area (Å²) in [5.41, 5.74) is 5.03. The molecule has 0 spiro atoms. The van der Waals surface area contributed by atoms with Crippen LogP contribution >= 0.6 is 0 Å². The summed E-state index contributed by atoms with van der Waals surface area (Å²) in [5.74, 6) is 1.77. The summed E-state index contributed by atoms with van der Waals surface area (Å²) in [6.45, 7) is 6.05. The van der Waals surface area contributed by atoms with Crippen LogP contribution in [-0.4, -0.2) is 22.1 Å². The van der Waals surface area contributed by atoms with Crippen molar-refractivity contribution in [3.8, 4) is 5.75 Å². The SMILES string of the molecule is Cc1cccc(C)c1OCCCCn1c(CNC(=O)c2ccccc2)nc2ccccc21. The number of carbonyl (C=O) groups excluding carboxylic acids is 1. The van der Waals surface area contributed by atoms with E-state index in [9.17, 15) is 4.79 Å². The largest absolute Gasteiger partial charge is 0.493 e. The first kappa shape index (κ1) is 21.6. The molecule has 4 aromatic rings. The number of hydrogen-bond acceptors (Lipinski definition) is 3. The molecule has 0 bridgehead atoms. The molecule has 1 aromatic heterocycles. The van der Waals surface area contributed by atoms with Gasteiger partial charge in [-0.1, -0.05) is 48.5 Å². The van der Waals surface area contributed by atoms with Crippen molar-refractivity contribution in [2.24, 2.45) is 0 Å². The van der Waals surface area contributed by atoms with Crippen molar-refractivity contribution >= 4 is 16.9 Å². The number of hydrogen-bond donors (Lipinski definition) is 1. The Balaban J connectivity index is 1.38. The summed E-state index contributed by atoms with van der Waals surface area (Å²) in [7, 11) is 0. The molecule has 0 atom stereocenters. The second kappa shape index (κ2) is 10.1. The number of nitrogens with one attached hydrogen (secondary N) is 1. The smallest absolute Gasteiger partial charge is 0.251 e. The molecular formula is C27H29N3O2. The zero-order chi connectivity index (χ0) is 22.3. The number of fused-ring (bicyclic) bond motifs is 1. The van der Waals surface area contributed by atoms with Crippen LogP contribution in [0.1, 0.15) is 40.2 Å². The molecule has 0 radical (unpaired) electrons. The van der Waals surface area contributed by atoms with Crippen LogP contribution in [0.3, 0.4) is 0 Å². The molecule has 0 aliphatic rings. The van der Waals surface area contributed by atoms with Crippen molar-refractivity contribution < 1.29 is 9.53 Å². The first-order valence-corrected chi connectivity index (χ1v) is 11.1. The molecule has 0 aliphatic heterocycles. The lowest BCUT2D eigenvalue weighted by atomic mass is 10.1. The number of unbranched alkanes of at least 4 members (excludes halogenated alkanes) is 1. The minimum Gasteiger partial charge on any atom is -0.493 e. The van der Waals surface area contributed by atoms with Gasteiger partial charge in [-0.05, 0) is 62.1 Å². The zero-order valence-corrected chi connectivity index (χ0v) is 18.7. The molecule has 0 fully saturated rings. The van der Waals surface area contributed by atoms with E-state index >= 15 is 0 Å². The van der Waals surface area contributed by atoms with Gasteiger partial charge in [-0.15, -0.1) is 0 Å². The number of para-hydroxylation sites is 3. The maximum atomic E-state index is 12.5. The van der Waals surface area contributed by atoms with E-state index in [1.807, 2.05) is 48.5 Å². The Hall–Kier alpha value is -3.60. The summed E-state index contributed by atoms with van der Waals surface area (Å²) in [5, 5.41) is 3.01. The third-order valence-electron chi connectivity index (χ3n) is 5.61.